The van der Waals surface area contributed by atoms with Crippen LogP contribution in [0.25, 0.3) is 0 Å². The molecule has 0 heterocycles. The van der Waals surface area contributed by atoms with Crippen LogP contribution in [0.2, 0.25) is 0 Å². The highest BCUT2D eigenvalue weighted by Gasteiger charge is 2.14. The minimum absolute atomic E-state index is 0.311. The third-order valence-corrected chi connectivity index (χ3v) is 4.03. The van der Waals surface area contributed by atoms with Gasteiger partial charge >= 0.3 is 7.69 Å². The molecular weight excluding hydrogens is 315 g/mol. The quantitative estimate of drug-likeness (QED) is 0.637. The molecule has 0 fully saturated rings. The van der Waals surface area contributed by atoms with Gasteiger partial charge in [0.25, 0.3) is 0 Å². The molecule has 0 unspecified atom stereocenters. The molecule has 0 saturated carbocycles. The highest BCUT2D eigenvalue weighted by molar-refractivity contribution is 6.20. The van der Waals surface area contributed by atoms with Gasteiger partial charge in [-0.2, -0.15) is 0 Å². The van der Waals surface area contributed by atoms with E-state index in [1.165, 1.54) is 7.69 Å². The van der Waals surface area contributed by atoms with E-state index in [-0.39, 0.29) is 0 Å². The standard InChI is InChI=1S/C20H26BO4/c1-13(2)17-11-15(22-5)7-9-19(17)24-21-25-20-10-8-16(23-6)12-18(20)14(3)4/h7-14H,1-6H3. The Bertz CT molecular complexity index is 639. The van der Waals surface area contributed by atoms with Crippen molar-refractivity contribution in [1.82, 2.24) is 0 Å². The van der Waals surface area contributed by atoms with Gasteiger partial charge in [-0.25, -0.2) is 0 Å². The van der Waals surface area contributed by atoms with Gasteiger partial charge in [0, 0.05) is 0 Å². The molecule has 2 aromatic carbocycles. The van der Waals surface area contributed by atoms with Crippen LogP contribution in [-0.2, 0) is 0 Å². The lowest BCUT2D eigenvalue weighted by molar-refractivity contribution is 0.409. The number of rotatable bonds is 8. The first-order valence-electron chi connectivity index (χ1n) is 8.47. The van der Waals surface area contributed by atoms with Crippen LogP contribution >= 0.6 is 0 Å². The molecule has 25 heavy (non-hydrogen) atoms. The molecule has 5 heteroatoms. The zero-order valence-electron chi connectivity index (χ0n) is 15.8. The molecule has 0 N–H and O–H groups in total. The Hall–Kier alpha value is -2.30. The first-order valence-corrected chi connectivity index (χ1v) is 8.47. The molecule has 0 aliphatic rings. The molecule has 133 valence electrons. The maximum atomic E-state index is 5.76. The van der Waals surface area contributed by atoms with Crippen LogP contribution in [0.3, 0.4) is 0 Å². The smallest absolute Gasteiger partial charge is 0.526 e. The maximum absolute atomic E-state index is 5.76. The summed E-state index contributed by atoms with van der Waals surface area (Å²) in [5.74, 6) is 3.77. The SMILES string of the molecule is COc1ccc(O[B]Oc2ccc(OC)cc2C(C)C)c(C(C)C)c1. The van der Waals surface area contributed by atoms with Gasteiger partial charge in [-0.05, 0) is 59.4 Å². The summed E-state index contributed by atoms with van der Waals surface area (Å²) >= 11 is 0. The van der Waals surface area contributed by atoms with Crippen LogP contribution in [-0.4, -0.2) is 21.9 Å². The van der Waals surface area contributed by atoms with Crippen molar-refractivity contribution >= 4 is 7.69 Å². The van der Waals surface area contributed by atoms with Gasteiger partial charge in [-0.3, -0.25) is 0 Å². The lowest BCUT2D eigenvalue weighted by Gasteiger charge is -2.17. The van der Waals surface area contributed by atoms with Crippen molar-refractivity contribution in [2.75, 3.05) is 14.2 Å². The summed E-state index contributed by atoms with van der Waals surface area (Å²) in [6, 6.07) is 11.5. The van der Waals surface area contributed by atoms with Crippen LogP contribution in [0.1, 0.15) is 50.7 Å². The lowest BCUT2D eigenvalue weighted by atomic mass is 10.0. The van der Waals surface area contributed by atoms with E-state index in [9.17, 15) is 0 Å². The summed E-state index contributed by atoms with van der Waals surface area (Å²) in [4.78, 5) is 0. The fraction of sp³-hybridized carbons (Fsp3) is 0.400. The predicted octanol–water partition coefficient (Wildman–Crippen LogP) is 4.94. The van der Waals surface area contributed by atoms with E-state index >= 15 is 0 Å². The van der Waals surface area contributed by atoms with Gasteiger partial charge < -0.3 is 18.8 Å². The van der Waals surface area contributed by atoms with Crippen molar-refractivity contribution in [3.63, 3.8) is 0 Å². The normalized spacial score (nSPS) is 10.7. The Balaban J connectivity index is 2.11. The first-order chi connectivity index (χ1) is 12.0. The van der Waals surface area contributed by atoms with Crippen molar-refractivity contribution in [3.8, 4) is 23.0 Å². The average Bonchev–Trinajstić information content (AvgIpc) is 2.61. The van der Waals surface area contributed by atoms with E-state index in [1.807, 2.05) is 36.4 Å². The number of ether oxygens (including phenoxy) is 2. The van der Waals surface area contributed by atoms with Crippen molar-refractivity contribution in [3.05, 3.63) is 47.5 Å². The molecule has 2 rings (SSSR count). The summed E-state index contributed by atoms with van der Waals surface area (Å²) in [5, 5.41) is 0. The van der Waals surface area contributed by atoms with Crippen LogP contribution in [0.4, 0.5) is 0 Å². The molecule has 0 aromatic heterocycles. The summed E-state index contributed by atoms with van der Waals surface area (Å²) in [6.07, 6.45) is 0. The Morgan fingerprint density at radius 1 is 0.680 bits per heavy atom. The number of methoxy groups -OCH3 is 2. The van der Waals surface area contributed by atoms with Gasteiger partial charge in [0.15, 0.2) is 0 Å². The van der Waals surface area contributed by atoms with E-state index in [0.29, 0.717) is 11.8 Å². The van der Waals surface area contributed by atoms with Gasteiger partial charge in [0.2, 0.25) is 0 Å². The summed E-state index contributed by atoms with van der Waals surface area (Å²) in [6.45, 7) is 8.46. The fourth-order valence-corrected chi connectivity index (χ4v) is 2.55. The number of hydrogen-bond acceptors (Lipinski definition) is 4. The van der Waals surface area contributed by atoms with E-state index < -0.39 is 0 Å². The van der Waals surface area contributed by atoms with Gasteiger partial charge in [-0.1, -0.05) is 27.7 Å². The van der Waals surface area contributed by atoms with E-state index in [2.05, 4.69) is 27.7 Å². The molecular formula is C20H26BO4. The molecule has 0 aliphatic heterocycles. The average molecular weight is 341 g/mol. The molecule has 0 aliphatic carbocycles. The van der Waals surface area contributed by atoms with Crippen LogP contribution < -0.4 is 18.8 Å². The second-order valence-electron chi connectivity index (χ2n) is 6.45. The minimum Gasteiger partial charge on any atom is -0.526 e. The Morgan fingerprint density at radius 3 is 1.40 bits per heavy atom. The van der Waals surface area contributed by atoms with E-state index in [4.69, 9.17) is 18.8 Å². The highest BCUT2D eigenvalue weighted by Crippen LogP contribution is 2.32. The monoisotopic (exact) mass is 341 g/mol. The third kappa shape index (κ3) is 4.85. The Kier molecular flexibility index (Phi) is 6.62. The van der Waals surface area contributed by atoms with Crippen molar-refractivity contribution in [2.24, 2.45) is 0 Å². The molecule has 0 spiro atoms. The molecule has 1 radical (unpaired) electrons. The molecule has 0 amide bonds. The van der Waals surface area contributed by atoms with Crippen molar-refractivity contribution in [1.29, 1.82) is 0 Å². The second-order valence-corrected chi connectivity index (χ2v) is 6.45. The summed E-state index contributed by atoms with van der Waals surface area (Å²) < 4.78 is 22.1. The van der Waals surface area contributed by atoms with Crippen molar-refractivity contribution in [2.45, 2.75) is 39.5 Å². The highest BCUT2D eigenvalue weighted by atomic mass is 16.6. The molecule has 0 bridgehead atoms. The zero-order chi connectivity index (χ0) is 18.4. The fourth-order valence-electron chi connectivity index (χ4n) is 2.55. The van der Waals surface area contributed by atoms with E-state index in [0.717, 1.165) is 34.1 Å². The predicted molar refractivity (Wildman–Crippen MR) is 101 cm³/mol. The molecule has 4 nitrogen and oxygen atoms in total. The van der Waals surface area contributed by atoms with Gasteiger partial charge in [0.05, 0.1) is 14.2 Å². The largest absolute Gasteiger partial charge is 0.658 e. The lowest BCUT2D eigenvalue weighted by Crippen LogP contribution is -2.13. The Morgan fingerprint density at radius 2 is 1.08 bits per heavy atom. The first kappa shape index (κ1) is 19.0. The third-order valence-electron chi connectivity index (χ3n) is 4.03. The maximum Gasteiger partial charge on any atom is 0.658 e. The van der Waals surface area contributed by atoms with Crippen molar-refractivity contribution < 1.29 is 18.8 Å². The second kappa shape index (κ2) is 8.70. The topological polar surface area (TPSA) is 36.9 Å². The van der Waals surface area contributed by atoms with Crippen LogP contribution in [0.15, 0.2) is 36.4 Å². The number of benzene rings is 2. The molecule has 0 saturated heterocycles. The van der Waals surface area contributed by atoms with Crippen LogP contribution in [0, 0.1) is 0 Å². The molecule has 0 atom stereocenters. The minimum atomic E-state index is 0.311. The van der Waals surface area contributed by atoms with Gasteiger partial charge in [-0.15, -0.1) is 0 Å². The summed E-state index contributed by atoms with van der Waals surface area (Å²) in [5.41, 5.74) is 2.14. The number of hydrogen-bond donors (Lipinski definition) is 0. The van der Waals surface area contributed by atoms with E-state index in [1.54, 1.807) is 14.2 Å². The Labute approximate surface area is 151 Å². The zero-order valence-corrected chi connectivity index (χ0v) is 15.8. The summed E-state index contributed by atoms with van der Waals surface area (Å²) in [7, 11) is 4.69. The van der Waals surface area contributed by atoms with Gasteiger partial charge in [0.1, 0.15) is 23.0 Å². The van der Waals surface area contributed by atoms with Crippen LogP contribution in [0.5, 0.6) is 23.0 Å². The molecule has 2 aromatic rings.